The molecule has 0 fully saturated rings. The normalized spacial score (nSPS) is 13.1. The monoisotopic (exact) mass is 858 g/mol. The van der Waals surface area contributed by atoms with E-state index in [-0.39, 0.29) is 5.41 Å². The summed E-state index contributed by atoms with van der Waals surface area (Å²) in [7, 11) is 0. The smallest absolute Gasteiger partial charge is 0.0619 e. The van der Waals surface area contributed by atoms with Crippen molar-refractivity contribution in [3.05, 3.63) is 230 Å². The summed E-state index contributed by atoms with van der Waals surface area (Å²) in [4.78, 5) is 2.41. The second kappa shape index (κ2) is 14.0. The molecule has 0 atom stereocenters. The van der Waals surface area contributed by atoms with Crippen LogP contribution in [-0.4, -0.2) is 4.40 Å². The number of anilines is 3. The number of rotatable bonds is 5. The molecule has 3 aromatic heterocycles. The van der Waals surface area contributed by atoms with E-state index < -0.39 is 0 Å². The van der Waals surface area contributed by atoms with Gasteiger partial charge in [-0.15, -0.1) is 11.3 Å². The highest BCUT2D eigenvalue weighted by molar-refractivity contribution is 7.26. The van der Waals surface area contributed by atoms with Crippen LogP contribution < -0.4 is 4.90 Å². The maximum Gasteiger partial charge on any atom is 0.0619 e. The van der Waals surface area contributed by atoms with Gasteiger partial charge in [-0.25, -0.2) is 0 Å². The molecular weight excluding hydrogens is 817 g/mol. The Kier molecular flexibility index (Phi) is 7.94. The van der Waals surface area contributed by atoms with Crippen molar-refractivity contribution in [2.75, 3.05) is 4.90 Å². The van der Waals surface area contributed by atoms with Gasteiger partial charge in [0.25, 0.3) is 0 Å². The highest BCUT2D eigenvalue weighted by Gasteiger charge is 2.35. The molecule has 3 heteroatoms. The number of hydrogen-bond donors (Lipinski definition) is 0. The predicted octanol–water partition coefficient (Wildman–Crippen LogP) is 18.0. The molecule has 0 N–H and O–H groups in total. The first-order valence-electron chi connectivity index (χ1n) is 22.9. The zero-order valence-electron chi connectivity index (χ0n) is 36.6. The number of fused-ring (bicyclic) bond motifs is 10. The molecule has 2 nitrogen and oxygen atoms in total. The van der Waals surface area contributed by atoms with Gasteiger partial charge < -0.3 is 9.30 Å². The molecule has 1 aliphatic rings. The van der Waals surface area contributed by atoms with Gasteiger partial charge in [0.2, 0.25) is 0 Å². The predicted molar refractivity (Wildman–Crippen MR) is 283 cm³/mol. The average Bonchev–Trinajstić information content (AvgIpc) is 4.00. The van der Waals surface area contributed by atoms with E-state index in [0.29, 0.717) is 0 Å². The fraction of sp³-hybridized carbons (Fsp3) is 0.0476. The summed E-state index contributed by atoms with van der Waals surface area (Å²) in [5.41, 5.74) is 17.1. The third-order valence-corrected chi connectivity index (χ3v) is 15.7. The summed E-state index contributed by atoms with van der Waals surface area (Å²) < 4.78 is 5.19. The SMILES string of the molecule is CC1(C)c2ccccc2-c2ccc(N(c3ccc(-c4ccccc4)cc3)c3ccc(-c4ccc5c(c4)c4cccc6c7cccc8sc9cccc(c%10ccccc%10n5c64)c9c87)cc3)cc21. The molecule has 0 amide bonds. The van der Waals surface area contributed by atoms with Crippen LogP contribution in [0, 0.1) is 0 Å². The van der Waals surface area contributed by atoms with Crippen LogP contribution in [0.2, 0.25) is 0 Å². The molecule has 1 aliphatic carbocycles. The van der Waals surface area contributed by atoms with Gasteiger partial charge in [-0.3, -0.25) is 0 Å². The third kappa shape index (κ3) is 5.35. The van der Waals surface area contributed by atoms with Crippen LogP contribution in [0.1, 0.15) is 25.0 Å². The Labute approximate surface area is 386 Å². The lowest BCUT2D eigenvalue weighted by molar-refractivity contribution is 0.660. The number of benzene rings is 10. The number of nitrogens with zero attached hydrogens (tertiary/aromatic N) is 2. The standard InChI is InChI=1S/C63H42N2S/c1-63(2)54-21-8-6-15-46(54)47-35-34-45(38-55(47)63)64(43-30-25-40(26-31-43)39-13-4-3-5-14-39)44-32-27-41(28-33-44)42-29-36-57-53(37-42)52-20-10-19-51-50-18-12-24-59-61(50)60-49(17-11-23-58(60)66-59)48-16-7-9-22-56(48)65(57)62(51)52/h3-38H,1-2H3. The maximum atomic E-state index is 2.53. The fourth-order valence-corrected chi connectivity index (χ4v) is 12.6. The van der Waals surface area contributed by atoms with Crippen LogP contribution in [0.4, 0.5) is 17.1 Å². The van der Waals surface area contributed by atoms with Gasteiger partial charge in [-0.05, 0) is 122 Å². The van der Waals surface area contributed by atoms with E-state index in [1.807, 2.05) is 11.3 Å². The van der Waals surface area contributed by atoms with Gasteiger partial charge in [0.05, 0.1) is 16.6 Å². The first kappa shape index (κ1) is 37.4. The Morgan fingerprint density at radius 2 is 0.879 bits per heavy atom. The van der Waals surface area contributed by atoms with E-state index in [9.17, 15) is 0 Å². The summed E-state index contributed by atoms with van der Waals surface area (Å²) in [6, 6.07) is 81.4. The number of hydrogen-bond acceptors (Lipinski definition) is 2. The quantitative estimate of drug-likeness (QED) is 0.167. The van der Waals surface area contributed by atoms with Crippen molar-refractivity contribution in [3.8, 4) is 33.4 Å². The van der Waals surface area contributed by atoms with E-state index in [4.69, 9.17) is 0 Å². The van der Waals surface area contributed by atoms with Crippen LogP contribution in [0.5, 0.6) is 0 Å². The van der Waals surface area contributed by atoms with Gasteiger partial charge >= 0.3 is 0 Å². The first-order chi connectivity index (χ1) is 32.5. The highest BCUT2D eigenvalue weighted by Crippen LogP contribution is 2.51. The van der Waals surface area contributed by atoms with Gasteiger partial charge in [0.1, 0.15) is 0 Å². The van der Waals surface area contributed by atoms with Crippen molar-refractivity contribution in [2.45, 2.75) is 19.3 Å². The molecule has 66 heavy (non-hydrogen) atoms. The van der Waals surface area contributed by atoms with Gasteiger partial charge in [0.15, 0.2) is 0 Å². The van der Waals surface area contributed by atoms with E-state index >= 15 is 0 Å². The summed E-state index contributed by atoms with van der Waals surface area (Å²) in [6.07, 6.45) is 0. The second-order valence-corrected chi connectivity index (χ2v) is 19.5. The number of aromatic nitrogens is 1. The molecule has 13 aromatic rings. The lowest BCUT2D eigenvalue weighted by Gasteiger charge is -2.28. The molecule has 0 aliphatic heterocycles. The number of thiophene rings is 1. The summed E-state index contributed by atoms with van der Waals surface area (Å²) in [5, 5.41) is 10.3. The lowest BCUT2D eigenvalue weighted by atomic mass is 9.82. The zero-order chi connectivity index (χ0) is 43.7. The Hall–Kier alpha value is -7.98. The van der Waals surface area contributed by atoms with E-state index in [1.54, 1.807) is 0 Å². The molecule has 0 unspecified atom stereocenters. The molecule has 0 bridgehead atoms. The van der Waals surface area contributed by atoms with Crippen LogP contribution in [0.3, 0.4) is 0 Å². The zero-order valence-corrected chi connectivity index (χ0v) is 37.4. The van der Waals surface area contributed by atoms with Gasteiger partial charge in [-0.2, -0.15) is 0 Å². The highest BCUT2D eigenvalue weighted by atomic mass is 32.1. The van der Waals surface area contributed by atoms with Crippen molar-refractivity contribution in [1.29, 1.82) is 0 Å². The summed E-state index contributed by atoms with van der Waals surface area (Å²) in [6.45, 7) is 4.72. The minimum atomic E-state index is -0.107. The first-order valence-corrected chi connectivity index (χ1v) is 23.7. The maximum absolute atomic E-state index is 2.53. The molecule has 3 heterocycles. The lowest BCUT2D eigenvalue weighted by Crippen LogP contribution is -2.16. The molecular formula is C63H42N2S. The second-order valence-electron chi connectivity index (χ2n) is 18.4. The van der Waals surface area contributed by atoms with Gasteiger partial charge in [-0.1, -0.05) is 166 Å². The van der Waals surface area contributed by atoms with Crippen molar-refractivity contribution in [3.63, 3.8) is 0 Å². The van der Waals surface area contributed by atoms with Crippen molar-refractivity contribution >= 4 is 97.4 Å². The van der Waals surface area contributed by atoms with Crippen molar-refractivity contribution in [1.82, 2.24) is 4.40 Å². The van der Waals surface area contributed by atoms with E-state index in [2.05, 4.69) is 242 Å². The largest absolute Gasteiger partial charge is 0.310 e. The summed E-state index contributed by atoms with van der Waals surface area (Å²) in [5.74, 6) is 0. The molecule has 10 aromatic carbocycles. The third-order valence-electron chi connectivity index (χ3n) is 14.6. The van der Waals surface area contributed by atoms with Crippen molar-refractivity contribution in [2.24, 2.45) is 0 Å². The molecule has 310 valence electrons. The van der Waals surface area contributed by atoms with Crippen LogP contribution in [-0.2, 0) is 5.41 Å². The van der Waals surface area contributed by atoms with Crippen LogP contribution >= 0.6 is 11.3 Å². The summed E-state index contributed by atoms with van der Waals surface area (Å²) >= 11 is 1.90. The molecule has 14 rings (SSSR count). The Bertz CT molecular complexity index is 4120. The Balaban J connectivity index is 0.940. The minimum Gasteiger partial charge on any atom is -0.310 e. The van der Waals surface area contributed by atoms with Crippen molar-refractivity contribution < 1.29 is 0 Å². The van der Waals surface area contributed by atoms with Crippen LogP contribution in [0.15, 0.2) is 218 Å². The van der Waals surface area contributed by atoms with E-state index in [1.165, 1.54) is 114 Å². The van der Waals surface area contributed by atoms with Crippen LogP contribution in [0.25, 0.3) is 102 Å². The molecule has 0 radical (unpaired) electrons. The topological polar surface area (TPSA) is 7.65 Å². The average molecular weight is 859 g/mol. The Morgan fingerprint density at radius 1 is 0.364 bits per heavy atom. The number of para-hydroxylation sites is 2. The Morgan fingerprint density at radius 3 is 1.62 bits per heavy atom. The van der Waals surface area contributed by atoms with E-state index in [0.717, 1.165) is 17.1 Å². The molecule has 0 spiro atoms. The van der Waals surface area contributed by atoms with Gasteiger partial charge in [0, 0.05) is 64.2 Å². The fourth-order valence-electron chi connectivity index (χ4n) is 11.4. The molecule has 0 saturated heterocycles. The minimum absolute atomic E-state index is 0.107. The molecule has 0 saturated carbocycles.